The van der Waals surface area contributed by atoms with Crippen molar-refractivity contribution < 1.29 is 34.2 Å². The largest absolute Gasteiger partial charge is 0.481 e. The Labute approximate surface area is 195 Å². The van der Waals surface area contributed by atoms with Gasteiger partial charge in [-0.2, -0.15) is 0 Å². The number of carboxylic acid groups (broad SMARTS) is 2. The number of hydrogen-bond acceptors (Lipinski definition) is 6. The lowest BCUT2D eigenvalue weighted by Gasteiger charge is -2.29. The van der Waals surface area contributed by atoms with Crippen molar-refractivity contribution in [2.45, 2.75) is 91.4 Å². The van der Waals surface area contributed by atoms with Crippen LogP contribution >= 0.6 is 0 Å². The highest BCUT2D eigenvalue weighted by Crippen LogP contribution is 2.13. The van der Waals surface area contributed by atoms with Crippen molar-refractivity contribution in [1.82, 2.24) is 16.0 Å². The Morgan fingerprint density at radius 2 is 1.27 bits per heavy atom. The summed E-state index contributed by atoms with van der Waals surface area (Å²) in [5.74, 6) is -5.15. The third-order valence-electron chi connectivity index (χ3n) is 5.69. The van der Waals surface area contributed by atoms with Crippen molar-refractivity contribution in [2.75, 3.05) is 0 Å². The monoisotopic (exact) mass is 472 g/mol. The second kappa shape index (κ2) is 14.5. The van der Waals surface area contributed by atoms with E-state index in [1.807, 2.05) is 34.6 Å². The Bertz CT molecular complexity index is 698. The normalized spacial score (nSPS) is 16.6. The minimum atomic E-state index is -1.64. The maximum absolute atomic E-state index is 13.1. The number of carbonyl (C=O) groups excluding carboxylic acids is 3. The van der Waals surface area contributed by atoms with Gasteiger partial charge in [-0.15, -0.1) is 0 Å². The molecule has 0 spiro atoms. The molecule has 7 N–H and O–H groups in total. The number of nitrogens with one attached hydrogen (secondary N) is 3. The topological polar surface area (TPSA) is 188 Å². The molecular weight excluding hydrogens is 432 g/mol. The van der Waals surface area contributed by atoms with Crippen molar-refractivity contribution >= 4 is 29.7 Å². The molecule has 0 heterocycles. The minimum absolute atomic E-state index is 0.0423. The quantitative estimate of drug-likeness (QED) is 0.198. The van der Waals surface area contributed by atoms with Crippen LogP contribution in [0.5, 0.6) is 0 Å². The maximum Gasteiger partial charge on any atom is 0.326 e. The Morgan fingerprint density at radius 1 is 0.758 bits per heavy atom. The molecule has 0 radical (unpaired) electrons. The van der Waals surface area contributed by atoms with E-state index in [4.69, 9.17) is 10.8 Å². The Hall–Kier alpha value is -2.69. The van der Waals surface area contributed by atoms with Crippen molar-refractivity contribution in [3.8, 4) is 0 Å². The molecule has 0 bridgehead atoms. The van der Waals surface area contributed by atoms with E-state index >= 15 is 0 Å². The van der Waals surface area contributed by atoms with Crippen LogP contribution in [0.25, 0.3) is 0 Å². The summed E-state index contributed by atoms with van der Waals surface area (Å²) >= 11 is 0. The molecule has 0 aliphatic heterocycles. The molecular formula is C22H40N4O7. The number of carbonyl (C=O) groups is 5. The van der Waals surface area contributed by atoms with E-state index in [-0.39, 0.29) is 24.2 Å². The van der Waals surface area contributed by atoms with Crippen LogP contribution in [0.15, 0.2) is 0 Å². The predicted octanol–water partition coefficient (Wildman–Crippen LogP) is 0.466. The molecule has 190 valence electrons. The first-order valence-electron chi connectivity index (χ1n) is 11.4. The average molecular weight is 473 g/mol. The van der Waals surface area contributed by atoms with Crippen LogP contribution < -0.4 is 21.7 Å². The van der Waals surface area contributed by atoms with Crippen molar-refractivity contribution in [3.05, 3.63) is 0 Å². The summed E-state index contributed by atoms with van der Waals surface area (Å²) in [5, 5.41) is 25.6. The van der Waals surface area contributed by atoms with Gasteiger partial charge in [0.15, 0.2) is 0 Å². The average Bonchev–Trinajstić information content (AvgIpc) is 2.73. The number of aliphatic carboxylic acids is 2. The highest BCUT2D eigenvalue weighted by molar-refractivity contribution is 5.94. The maximum atomic E-state index is 13.1. The lowest BCUT2D eigenvalue weighted by atomic mass is 9.94. The van der Waals surface area contributed by atoms with Gasteiger partial charge in [0.05, 0.1) is 12.5 Å². The fourth-order valence-electron chi connectivity index (χ4n) is 3.08. The lowest BCUT2D eigenvalue weighted by molar-refractivity contribution is -0.147. The number of rotatable bonds is 15. The first-order chi connectivity index (χ1) is 15.2. The van der Waals surface area contributed by atoms with Crippen LogP contribution in [0.3, 0.4) is 0 Å². The third-order valence-corrected chi connectivity index (χ3v) is 5.69. The summed E-state index contributed by atoms with van der Waals surface area (Å²) in [4.78, 5) is 60.6. The van der Waals surface area contributed by atoms with Crippen LogP contribution in [0.4, 0.5) is 0 Å². The summed E-state index contributed by atoms with van der Waals surface area (Å²) in [6.45, 7) is 11.0. The van der Waals surface area contributed by atoms with Gasteiger partial charge in [-0.1, -0.05) is 54.4 Å². The van der Waals surface area contributed by atoms with Gasteiger partial charge in [0.1, 0.15) is 18.1 Å². The molecule has 0 fully saturated rings. The summed E-state index contributed by atoms with van der Waals surface area (Å²) < 4.78 is 0. The summed E-state index contributed by atoms with van der Waals surface area (Å²) in [6.07, 6.45) is 0.636. The highest BCUT2D eigenvalue weighted by Gasteiger charge is 2.33. The number of hydrogen-bond donors (Lipinski definition) is 6. The molecule has 0 aromatic heterocycles. The van der Waals surface area contributed by atoms with Crippen LogP contribution in [-0.4, -0.2) is 64.0 Å². The molecule has 11 heteroatoms. The van der Waals surface area contributed by atoms with E-state index in [0.717, 1.165) is 0 Å². The zero-order valence-corrected chi connectivity index (χ0v) is 20.4. The molecule has 33 heavy (non-hydrogen) atoms. The van der Waals surface area contributed by atoms with Gasteiger partial charge >= 0.3 is 11.9 Å². The van der Waals surface area contributed by atoms with Gasteiger partial charge in [-0.3, -0.25) is 19.2 Å². The highest BCUT2D eigenvalue weighted by atomic mass is 16.4. The first-order valence-corrected chi connectivity index (χ1v) is 11.4. The molecule has 6 atom stereocenters. The zero-order chi connectivity index (χ0) is 25.9. The summed E-state index contributed by atoms with van der Waals surface area (Å²) in [6, 6.07) is -4.49. The van der Waals surface area contributed by atoms with Crippen molar-refractivity contribution in [3.63, 3.8) is 0 Å². The fraction of sp³-hybridized carbons (Fsp3) is 0.773. The molecule has 0 rings (SSSR count). The lowest BCUT2D eigenvalue weighted by Crippen LogP contribution is -2.59. The number of nitrogens with two attached hydrogens (primary N) is 1. The van der Waals surface area contributed by atoms with E-state index in [9.17, 15) is 29.1 Å². The fourth-order valence-corrected chi connectivity index (χ4v) is 3.08. The molecule has 0 aromatic carbocycles. The van der Waals surface area contributed by atoms with Gasteiger partial charge < -0.3 is 31.9 Å². The van der Waals surface area contributed by atoms with Gasteiger partial charge in [0.2, 0.25) is 17.7 Å². The SMILES string of the molecule is CCC(C)C(N)C(=O)NC(C(=O)NC(CC(C)C)C(=O)NC(CC(=O)O)C(=O)O)C(C)CC. The van der Waals surface area contributed by atoms with Gasteiger partial charge in [-0.05, 0) is 24.2 Å². The van der Waals surface area contributed by atoms with E-state index in [1.165, 1.54) is 0 Å². The van der Waals surface area contributed by atoms with Crippen LogP contribution in [0.2, 0.25) is 0 Å². The Balaban J connectivity index is 5.61. The number of amides is 3. The smallest absolute Gasteiger partial charge is 0.326 e. The van der Waals surface area contributed by atoms with Crippen LogP contribution in [0.1, 0.15) is 67.2 Å². The van der Waals surface area contributed by atoms with E-state index < -0.39 is 60.2 Å². The van der Waals surface area contributed by atoms with E-state index in [2.05, 4.69) is 16.0 Å². The van der Waals surface area contributed by atoms with E-state index in [0.29, 0.717) is 12.8 Å². The van der Waals surface area contributed by atoms with Crippen LogP contribution in [0, 0.1) is 17.8 Å². The predicted molar refractivity (Wildman–Crippen MR) is 122 cm³/mol. The van der Waals surface area contributed by atoms with Gasteiger partial charge in [0, 0.05) is 0 Å². The summed E-state index contributed by atoms with van der Waals surface area (Å²) in [5.41, 5.74) is 5.99. The Morgan fingerprint density at radius 3 is 1.70 bits per heavy atom. The molecule has 0 saturated heterocycles. The molecule has 3 amide bonds. The summed E-state index contributed by atoms with van der Waals surface area (Å²) in [7, 11) is 0. The molecule has 6 unspecified atom stereocenters. The zero-order valence-electron chi connectivity index (χ0n) is 20.4. The Kier molecular flexibility index (Phi) is 13.3. The first kappa shape index (κ1) is 30.3. The third kappa shape index (κ3) is 10.6. The molecule has 0 aromatic rings. The second-order valence-corrected chi connectivity index (χ2v) is 8.97. The molecule has 11 nitrogen and oxygen atoms in total. The van der Waals surface area contributed by atoms with Crippen molar-refractivity contribution in [1.29, 1.82) is 0 Å². The van der Waals surface area contributed by atoms with Gasteiger partial charge in [0.25, 0.3) is 0 Å². The van der Waals surface area contributed by atoms with Crippen LogP contribution in [-0.2, 0) is 24.0 Å². The van der Waals surface area contributed by atoms with Gasteiger partial charge in [-0.25, -0.2) is 4.79 Å². The second-order valence-electron chi connectivity index (χ2n) is 8.97. The molecule has 0 aliphatic rings. The molecule has 0 saturated carbocycles. The van der Waals surface area contributed by atoms with Crippen molar-refractivity contribution in [2.24, 2.45) is 23.5 Å². The minimum Gasteiger partial charge on any atom is -0.481 e. The standard InChI is InChI=1S/C22H40N4O7/c1-7-12(5)17(23)20(30)26-18(13(6)8-2)21(31)24-14(9-11(3)4)19(29)25-15(22(32)33)10-16(27)28/h11-15,17-18H,7-10,23H2,1-6H3,(H,24,31)(H,25,29)(H,26,30)(H,27,28)(H,32,33). The van der Waals surface area contributed by atoms with E-state index in [1.54, 1.807) is 6.92 Å². The molecule has 0 aliphatic carbocycles. The number of carboxylic acids is 2.